The quantitative estimate of drug-likeness (QED) is 0.0547. The molecule has 9 N–H and O–H groups in total. The van der Waals surface area contributed by atoms with Gasteiger partial charge in [0.15, 0.2) is 22.6 Å². The average Bonchev–Trinajstić information content (AvgIpc) is 3.30. The summed E-state index contributed by atoms with van der Waals surface area (Å²) in [6.45, 7) is 0. The van der Waals surface area contributed by atoms with E-state index in [1.807, 2.05) is 91.0 Å². The summed E-state index contributed by atoms with van der Waals surface area (Å²) in [5, 5.41) is 2.75. The zero-order valence-corrected chi connectivity index (χ0v) is 36.3. The molecule has 65 heavy (non-hydrogen) atoms. The lowest BCUT2D eigenvalue weighted by molar-refractivity contribution is 0.0992. The van der Waals surface area contributed by atoms with Gasteiger partial charge in [0.05, 0.1) is 30.0 Å². The van der Waals surface area contributed by atoms with Gasteiger partial charge in [-0.3, -0.25) is 9.59 Å². The number of rotatable bonds is 8. The summed E-state index contributed by atoms with van der Waals surface area (Å²) in [5.41, 5.74) is 26.5. The molecule has 3 aromatic heterocycles. The second-order valence-electron chi connectivity index (χ2n) is 13.0. The smallest absolute Gasteiger partial charge is 0.248 e. The predicted octanol–water partition coefficient (Wildman–Crippen LogP) is 9.47. The van der Waals surface area contributed by atoms with E-state index >= 15 is 0 Å². The number of para-hydroxylation sites is 1. The van der Waals surface area contributed by atoms with Crippen molar-refractivity contribution < 1.29 is 22.8 Å². The number of carbonyl (C=O) groups excluding carboxylic acids is 2. The minimum atomic E-state index is -0.666. The minimum Gasteiger partial charge on any atom is -0.399 e. The van der Waals surface area contributed by atoms with Crippen LogP contribution in [0.15, 0.2) is 158 Å². The highest BCUT2D eigenvalue weighted by molar-refractivity contribution is 6.31. The van der Waals surface area contributed by atoms with Crippen molar-refractivity contribution in [3.63, 3.8) is 0 Å². The summed E-state index contributed by atoms with van der Waals surface area (Å²) in [6.07, 6.45) is 3.95. The highest BCUT2D eigenvalue weighted by Gasteiger charge is 2.10. The van der Waals surface area contributed by atoms with Crippen LogP contribution in [0.1, 0.15) is 43.2 Å². The Morgan fingerprint density at radius 3 is 1.32 bits per heavy atom. The van der Waals surface area contributed by atoms with Crippen molar-refractivity contribution in [2.24, 2.45) is 11.5 Å². The van der Waals surface area contributed by atoms with Crippen LogP contribution in [0.25, 0.3) is 0 Å². The number of carbonyl (C=O) groups is 2. The van der Waals surface area contributed by atoms with Crippen LogP contribution in [0.3, 0.4) is 0 Å². The zero-order chi connectivity index (χ0) is 47.1. The SMILES string of the molecule is Fc1cnc(Cl)nc1Cc1ccccc1.Fc1cnc(Cl)nc1Cl.NC(=O)c1ccc(N)cc1.NC(=O)c1ccc(Nc2ncc(F)c(Cc3ccccc3)n2)cc1.Nc1ccccc1. The summed E-state index contributed by atoms with van der Waals surface area (Å²) >= 11 is 16.0. The van der Waals surface area contributed by atoms with Gasteiger partial charge in [-0.1, -0.05) is 90.5 Å². The molecular weight excluding hydrogens is 902 g/mol. The number of benzene rings is 5. The van der Waals surface area contributed by atoms with Gasteiger partial charge in [-0.25, -0.2) is 43.1 Å². The van der Waals surface area contributed by atoms with Crippen molar-refractivity contribution in [2.75, 3.05) is 16.8 Å². The summed E-state index contributed by atoms with van der Waals surface area (Å²) in [6, 6.07) is 41.6. The summed E-state index contributed by atoms with van der Waals surface area (Å²) in [4.78, 5) is 43.8. The van der Waals surface area contributed by atoms with E-state index in [0.29, 0.717) is 46.7 Å². The van der Waals surface area contributed by atoms with Gasteiger partial charge in [0.1, 0.15) is 0 Å². The second kappa shape index (κ2) is 26.1. The highest BCUT2D eigenvalue weighted by Crippen LogP contribution is 2.18. The molecule has 0 radical (unpaired) electrons. The fourth-order valence-electron chi connectivity index (χ4n) is 4.94. The molecular formula is C46H39Cl3F3N11O2. The molecule has 3 heterocycles. The van der Waals surface area contributed by atoms with Crippen molar-refractivity contribution in [1.29, 1.82) is 0 Å². The van der Waals surface area contributed by atoms with Crippen LogP contribution >= 0.6 is 34.8 Å². The Balaban J connectivity index is 0.000000193. The van der Waals surface area contributed by atoms with Crippen molar-refractivity contribution in [2.45, 2.75) is 12.8 Å². The zero-order valence-electron chi connectivity index (χ0n) is 34.0. The number of amides is 2. The molecule has 8 aromatic rings. The molecule has 0 atom stereocenters. The number of aromatic nitrogens is 6. The largest absolute Gasteiger partial charge is 0.399 e. The van der Waals surface area contributed by atoms with E-state index in [1.165, 1.54) is 0 Å². The molecule has 0 saturated heterocycles. The Hall–Kier alpha value is -7.66. The van der Waals surface area contributed by atoms with E-state index in [-0.39, 0.29) is 21.7 Å². The minimum absolute atomic E-state index is 0.0543. The van der Waals surface area contributed by atoms with Gasteiger partial charge < -0.3 is 28.3 Å². The van der Waals surface area contributed by atoms with Gasteiger partial charge in [-0.05, 0) is 95.0 Å². The second-order valence-corrected chi connectivity index (χ2v) is 14.0. The highest BCUT2D eigenvalue weighted by atomic mass is 35.5. The molecule has 19 heteroatoms. The van der Waals surface area contributed by atoms with E-state index in [9.17, 15) is 22.8 Å². The average molecular weight is 941 g/mol. The van der Waals surface area contributed by atoms with Crippen molar-refractivity contribution in [3.05, 3.63) is 225 Å². The predicted molar refractivity (Wildman–Crippen MR) is 248 cm³/mol. The Morgan fingerprint density at radius 1 is 0.492 bits per heavy atom. The number of hydrogen-bond donors (Lipinski definition) is 5. The van der Waals surface area contributed by atoms with E-state index < -0.39 is 29.3 Å². The van der Waals surface area contributed by atoms with Gasteiger partial charge in [-0.2, -0.15) is 0 Å². The molecule has 13 nitrogen and oxygen atoms in total. The number of nitrogen functional groups attached to an aromatic ring is 2. The number of halogens is 6. The fraction of sp³-hybridized carbons (Fsp3) is 0.0435. The maximum atomic E-state index is 13.9. The monoisotopic (exact) mass is 939 g/mol. The topological polar surface area (TPSA) is 228 Å². The number of nitrogens with one attached hydrogen (secondary N) is 1. The fourth-order valence-corrected chi connectivity index (χ4v) is 5.40. The van der Waals surface area contributed by atoms with Gasteiger partial charge in [0, 0.05) is 41.0 Å². The molecule has 332 valence electrons. The van der Waals surface area contributed by atoms with Gasteiger partial charge >= 0.3 is 0 Å². The molecule has 0 aliphatic heterocycles. The first-order valence-electron chi connectivity index (χ1n) is 18.9. The molecule has 0 unspecified atom stereocenters. The number of primary amides is 2. The lowest BCUT2D eigenvalue weighted by atomic mass is 10.1. The van der Waals surface area contributed by atoms with E-state index in [2.05, 4.69) is 35.2 Å². The Bertz CT molecular complexity index is 2730. The molecule has 0 spiro atoms. The van der Waals surface area contributed by atoms with Gasteiger partial charge in [0.2, 0.25) is 28.3 Å². The van der Waals surface area contributed by atoms with Crippen LogP contribution in [0.4, 0.5) is 36.2 Å². The summed E-state index contributed by atoms with van der Waals surface area (Å²) in [5.74, 6) is -2.18. The Morgan fingerprint density at radius 2 is 0.892 bits per heavy atom. The Labute approximate surface area is 386 Å². The third-order valence-corrected chi connectivity index (χ3v) is 8.75. The summed E-state index contributed by atoms with van der Waals surface area (Å²) in [7, 11) is 0. The van der Waals surface area contributed by atoms with Crippen molar-refractivity contribution >= 4 is 69.6 Å². The van der Waals surface area contributed by atoms with Crippen LogP contribution in [0, 0.1) is 17.5 Å². The first-order chi connectivity index (χ1) is 31.2. The van der Waals surface area contributed by atoms with Gasteiger partial charge in [-0.15, -0.1) is 0 Å². The molecule has 5 aromatic carbocycles. The lowest BCUT2D eigenvalue weighted by Gasteiger charge is -2.08. The standard InChI is InChI=1S/C18H15FN4O.C11H8ClFN2.C7H8N2O.C6H7N.C4HCl2FN2/c19-15-11-21-18(22-14-8-6-13(7-9-14)17(20)24)23-16(15)10-12-4-2-1-3-5-12;12-11-14-7-9(13)10(15-11)6-8-4-2-1-3-5-8;8-6-3-1-5(2-4-6)7(9)10;7-6-4-2-1-3-5-6;5-3-2(7)1-8-4(6)9-3/h1-9,11H,10H2,(H2,20,24)(H,21,22,23);1-5,7H,6H2;1-4H,8H2,(H2,9,10);1-5H,7H2;1H. The molecule has 8 rings (SSSR count). The maximum Gasteiger partial charge on any atom is 0.248 e. The van der Waals surface area contributed by atoms with Crippen LogP contribution in [0.2, 0.25) is 15.7 Å². The first kappa shape index (κ1) is 50.0. The number of hydrogen-bond acceptors (Lipinski definition) is 11. The third-order valence-electron chi connectivity index (χ3n) is 8.13. The molecule has 0 aliphatic carbocycles. The molecule has 0 aliphatic rings. The number of nitrogens with two attached hydrogens (primary N) is 4. The Kier molecular flexibility index (Phi) is 20.1. The number of nitrogens with zero attached hydrogens (tertiary/aromatic N) is 6. The number of anilines is 4. The molecule has 0 bridgehead atoms. The van der Waals surface area contributed by atoms with Gasteiger partial charge in [0.25, 0.3) is 0 Å². The van der Waals surface area contributed by atoms with E-state index in [0.717, 1.165) is 35.4 Å². The van der Waals surface area contributed by atoms with Crippen molar-refractivity contribution in [1.82, 2.24) is 29.9 Å². The van der Waals surface area contributed by atoms with E-state index in [4.69, 9.17) is 57.7 Å². The normalized spacial score (nSPS) is 9.88. The maximum absolute atomic E-state index is 13.9. The summed E-state index contributed by atoms with van der Waals surface area (Å²) < 4.78 is 39.4. The molecule has 0 saturated carbocycles. The van der Waals surface area contributed by atoms with Crippen LogP contribution in [0.5, 0.6) is 0 Å². The first-order valence-corrected chi connectivity index (χ1v) is 20.0. The van der Waals surface area contributed by atoms with Crippen LogP contribution in [-0.2, 0) is 12.8 Å². The van der Waals surface area contributed by atoms with Crippen LogP contribution in [-0.4, -0.2) is 41.7 Å². The van der Waals surface area contributed by atoms with Crippen molar-refractivity contribution in [3.8, 4) is 0 Å². The molecule has 0 fully saturated rings. The lowest BCUT2D eigenvalue weighted by Crippen LogP contribution is -2.10. The molecule has 2 amide bonds. The van der Waals surface area contributed by atoms with Crippen LogP contribution < -0.4 is 28.3 Å². The third kappa shape index (κ3) is 18.3. The van der Waals surface area contributed by atoms with E-state index in [1.54, 1.807) is 48.5 Å².